The third-order valence-electron chi connectivity index (χ3n) is 3.13. The number of rotatable bonds is 7. The van der Waals surface area contributed by atoms with E-state index in [4.69, 9.17) is 4.74 Å². The molecule has 0 saturated carbocycles. The first-order chi connectivity index (χ1) is 9.69. The van der Waals surface area contributed by atoms with Crippen molar-refractivity contribution in [1.29, 1.82) is 0 Å². The SMILES string of the molecule is CCCNC(C)c1ccc(OCc2csc(C)n2)cc1. The molecule has 2 aromatic rings. The molecule has 2 rings (SSSR count). The van der Waals surface area contributed by atoms with Gasteiger partial charge in [0.25, 0.3) is 0 Å². The van der Waals surface area contributed by atoms with Crippen LogP contribution < -0.4 is 10.1 Å². The van der Waals surface area contributed by atoms with Crippen molar-refractivity contribution in [2.75, 3.05) is 6.54 Å². The zero-order valence-electron chi connectivity index (χ0n) is 12.3. The number of thiazole rings is 1. The largest absolute Gasteiger partial charge is 0.487 e. The number of nitrogens with zero attached hydrogens (tertiary/aromatic N) is 1. The van der Waals surface area contributed by atoms with Crippen LogP contribution in [0.2, 0.25) is 0 Å². The van der Waals surface area contributed by atoms with Gasteiger partial charge in [0.15, 0.2) is 0 Å². The van der Waals surface area contributed by atoms with E-state index in [1.54, 1.807) is 11.3 Å². The fourth-order valence-electron chi connectivity index (χ4n) is 1.96. The van der Waals surface area contributed by atoms with E-state index in [1.165, 1.54) is 5.56 Å². The minimum absolute atomic E-state index is 0.380. The van der Waals surface area contributed by atoms with Gasteiger partial charge in [-0.05, 0) is 44.5 Å². The Morgan fingerprint density at radius 2 is 2.05 bits per heavy atom. The van der Waals surface area contributed by atoms with E-state index in [-0.39, 0.29) is 0 Å². The van der Waals surface area contributed by atoms with Crippen LogP contribution in [0.4, 0.5) is 0 Å². The van der Waals surface area contributed by atoms with Gasteiger partial charge in [0.1, 0.15) is 12.4 Å². The molecule has 0 bridgehead atoms. The molecule has 1 aromatic heterocycles. The van der Waals surface area contributed by atoms with Gasteiger partial charge >= 0.3 is 0 Å². The summed E-state index contributed by atoms with van der Waals surface area (Å²) in [6.45, 7) is 7.95. The monoisotopic (exact) mass is 290 g/mol. The lowest BCUT2D eigenvalue weighted by Gasteiger charge is -2.14. The van der Waals surface area contributed by atoms with Gasteiger partial charge in [-0.25, -0.2) is 4.98 Å². The lowest BCUT2D eigenvalue weighted by Crippen LogP contribution is -2.19. The van der Waals surface area contributed by atoms with E-state index >= 15 is 0 Å². The Hall–Kier alpha value is -1.39. The molecule has 0 amide bonds. The van der Waals surface area contributed by atoms with Crippen LogP contribution in [0, 0.1) is 6.92 Å². The molecule has 108 valence electrons. The zero-order chi connectivity index (χ0) is 14.4. The molecular formula is C16H22N2OS. The summed E-state index contributed by atoms with van der Waals surface area (Å²) in [6.07, 6.45) is 1.15. The highest BCUT2D eigenvalue weighted by atomic mass is 32.1. The van der Waals surface area contributed by atoms with E-state index in [1.807, 2.05) is 24.4 Å². The van der Waals surface area contributed by atoms with Gasteiger partial charge in [-0.15, -0.1) is 11.3 Å². The molecule has 1 heterocycles. The van der Waals surface area contributed by atoms with Crippen LogP contribution in [-0.4, -0.2) is 11.5 Å². The summed E-state index contributed by atoms with van der Waals surface area (Å²) in [5, 5.41) is 6.60. The number of hydrogen-bond donors (Lipinski definition) is 1. The number of benzene rings is 1. The summed E-state index contributed by atoms with van der Waals surface area (Å²) in [6, 6.07) is 8.67. The predicted molar refractivity (Wildman–Crippen MR) is 84.3 cm³/mol. The predicted octanol–water partition coefficient (Wildman–Crippen LogP) is 4.09. The maximum absolute atomic E-state index is 5.75. The zero-order valence-corrected chi connectivity index (χ0v) is 13.2. The summed E-state index contributed by atoms with van der Waals surface area (Å²) in [7, 11) is 0. The van der Waals surface area contributed by atoms with E-state index in [2.05, 4.69) is 36.3 Å². The van der Waals surface area contributed by atoms with Crippen LogP contribution in [0.15, 0.2) is 29.6 Å². The molecule has 0 radical (unpaired) electrons. The quantitative estimate of drug-likeness (QED) is 0.834. The summed E-state index contributed by atoms with van der Waals surface area (Å²) >= 11 is 1.65. The highest BCUT2D eigenvalue weighted by Gasteiger charge is 2.04. The fraction of sp³-hybridized carbons (Fsp3) is 0.438. The molecule has 0 saturated heterocycles. The number of nitrogens with one attached hydrogen (secondary N) is 1. The summed E-state index contributed by atoms with van der Waals surface area (Å²) in [5.74, 6) is 0.891. The van der Waals surface area contributed by atoms with E-state index in [9.17, 15) is 0 Å². The number of aryl methyl sites for hydroxylation is 1. The standard InChI is InChI=1S/C16H22N2OS/c1-4-9-17-12(2)14-5-7-16(8-6-14)19-10-15-11-20-13(3)18-15/h5-8,11-12,17H,4,9-10H2,1-3H3. The average molecular weight is 290 g/mol. The van der Waals surface area contributed by atoms with E-state index < -0.39 is 0 Å². The molecule has 3 nitrogen and oxygen atoms in total. The molecule has 1 N–H and O–H groups in total. The van der Waals surface area contributed by atoms with Crippen molar-refractivity contribution < 1.29 is 4.74 Å². The lowest BCUT2D eigenvalue weighted by atomic mass is 10.1. The van der Waals surface area contributed by atoms with Crippen LogP contribution in [0.5, 0.6) is 5.75 Å². The molecule has 4 heteroatoms. The maximum atomic E-state index is 5.75. The first-order valence-electron chi connectivity index (χ1n) is 7.06. The van der Waals surface area contributed by atoms with Crippen molar-refractivity contribution >= 4 is 11.3 Å². The number of ether oxygens (including phenoxy) is 1. The summed E-state index contributed by atoms with van der Waals surface area (Å²) in [4.78, 5) is 4.39. The van der Waals surface area contributed by atoms with E-state index in [0.717, 1.165) is 29.4 Å². The molecule has 0 aliphatic carbocycles. The minimum atomic E-state index is 0.380. The molecule has 1 unspecified atom stereocenters. The van der Waals surface area contributed by atoms with Crippen LogP contribution in [-0.2, 0) is 6.61 Å². The Bertz CT molecular complexity index is 522. The fourth-order valence-corrected chi connectivity index (χ4v) is 2.56. The van der Waals surface area contributed by atoms with Gasteiger partial charge < -0.3 is 10.1 Å². The van der Waals surface area contributed by atoms with Crippen molar-refractivity contribution in [1.82, 2.24) is 10.3 Å². The van der Waals surface area contributed by atoms with Gasteiger partial charge in [-0.1, -0.05) is 19.1 Å². The van der Waals surface area contributed by atoms with Gasteiger partial charge in [0.2, 0.25) is 0 Å². The molecule has 0 spiro atoms. The van der Waals surface area contributed by atoms with Crippen molar-refractivity contribution in [2.24, 2.45) is 0 Å². The first kappa shape index (κ1) is 15.0. The highest BCUT2D eigenvalue weighted by molar-refractivity contribution is 7.09. The lowest BCUT2D eigenvalue weighted by molar-refractivity contribution is 0.302. The van der Waals surface area contributed by atoms with Gasteiger partial charge in [-0.3, -0.25) is 0 Å². The molecule has 0 aliphatic rings. The molecule has 1 atom stereocenters. The van der Waals surface area contributed by atoms with Gasteiger partial charge in [0.05, 0.1) is 10.7 Å². The molecule has 0 fully saturated rings. The molecule has 1 aromatic carbocycles. The van der Waals surface area contributed by atoms with Crippen molar-refractivity contribution in [3.63, 3.8) is 0 Å². The Balaban J connectivity index is 1.87. The van der Waals surface area contributed by atoms with E-state index in [0.29, 0.717) is 12.6 Å². The van der Waals surface area contributed by atoms with Gasteiger partial charge in [0, 0.05) is 11.4 Å². The summed E-state index contributed by atoms with van der Waals surface area (Å²) in [5.41, 5.74) is 2.28. The first-order valence-corrected chi connectivity index (χ1v) is 7.94. The second kappa shape index (κ2) is 7.41. The van der Waals surface area contributed by atoms with Crippen molar-refractivity contribution in [3.05, 3.63) is 45.9 Å². The van der Waals surface area contributed by atoms with Crippen LogP contribution in [0.1, 0.15) is 42.6 Å². The Morgan fingerprint density at radius 3 is 2.65 bits per heavy atom. The number of hydrogen-bond acceptors (Lipinski definition) is 4. The topological polar surface area (TPSA) is 34.1 Å². The Labute approximate surface area is 125 Å². The second-order valence-electron chi connectivity index (χ2n) is 4.89. The molecule has 20 heavy (non-hydrogen) atoms. The minimum Gasteiger partial charge on any atom is -0.487 e. The molecule has 0 aliphatic heterocycles. The highest BCUT2D eigenvalue weighted by Crippen LogP contribution is 2.19. The molecular weight excluding hydrogens is 268 g/mol. The van der Waals surface area contributed by atoms with Crippen LogP contribution in [0.3, 0.4) is 0 Å². The third kappa shape index (κ3) is 4.32. The van der Waals surface area contributed by atoms with Crippen LogP contribution in [0.25, 0.3) is 0 Å². The van der Waals surface area contributed by atoms with Crippen molar-refractivity contribution in [3.8, 4) is 5.75 Å². The van der Waals surface area contributed by atoms with Gasteiger partial charge in [-0.2, -0.15) is 0 Å². The summed E-state index contributed by atoms with van der Waals surface area (Å²) < 4.78 is 5.75. The van der Waals surface area contributed by atoms with Crippen molar-refractivity contribution in [2.45, 2.75) is 39.8 Å². The maximum Gasteiger partial charge on any atom is 0.131 e. The Morgan fingerprint density at radius 1 is 1.30 bits per heavy atom. The third-order valence-corrected chi connectivity index (χ3v) is 3.96. The second-order valence-corrected chi connectivity index (χ2v) is 5.95. The smallest absolute Gasteiger partial charge is 0.131 e. The van der Waals surface area contributed by atoms with Crippen LogP contribution >= 0.6 is 11.3 Å². The average Bonchev–Trinajstić information content (AvgIpc) is 2.89. The number of aromatic nitrogens is 1. The Kier molecular flexibility index (Phi) is 5.56. The normalized spacial score (nSPS) is 12.3.